The van der Waals surface area contributed by atoms with Crippen molar-refractivity contribution in [3.63, 3.8) is 0 Å². The molecule has 0 spiro atoms. The molecule has 1 heterocycles. The van der Waals surface area contributed by atoms with Crippen LogP contribution >= 0.6 is 0 Å². The fourth-order valence-electron chi connectivity index (χ4n) is 0.845. The van der Waals surface area contributed by atoms with Gasteiger partial charge in [0.15, 0.2) is 0 Å². The molecule has 0 aromatic carbocycles. The number of aromatic nitrogens is 1. The average molecular weight is 148 g/mol. The molecule has 1 rings (SSSR count). The van der Waals surface area contributed by atoms with Gasteiger partial charge in [-0.15, -0.1) is 0 Å². The van der Waals surface area contributed by atoms with Crippen LogP contribution in [0, 0.1) is 11.3 Å². The summed E-state index contributed by atoms with van der Waals surface area (Å²) in [6, 6.07) is 5.26. The molecule has 0 aliphatic heterocycles. The van der Waals surface area contributed by atoms with Crippen LogP contribution in [0.5, 0.6) is 0 Å². The summed E-state index contributed by atoms with van der Waals surface area (Å²) < 4.78 is 0. The lowest BCUT2D eigenvalue weighted by molar-refractivity contribution is 0.194. The zero-order valence-electron chi connectivity index (χ0n) is 6.15. The van der Waals surface area contributed by atoms with Gasteiger partial charge in [-0.05, 0) is 19.1 Å². The normalized spacial score (nSPS) is 12.1. The summed E-state index contributed by atoms with van der Waals surface area (Å²) in [5.41, 5.74) is 0.873. The summed E-state index contributed by atoms with van der Waals surface area (Å²) >= 11 is 0. The van der Waals surface area contributed by atoms with Crippen molar-refractivity contribution in [1.29, 1.82) is 5.26 Å². The molecule has 0 saturated heterocycles. The fourth-order valence-corrected chi connectivity index (χ4v) is 0.845. The summed E-state index contributed by atoms with van der Waals surface area (Å²) in [6.07, 6.45) is 0.883. The summed E-state index contributed by atoms with van der Waals surface area (Å²) in [5.74, 6) is 0. The van der Waals surface area contributed by atoms with Gasteiger partial charge in [0.2, 0.25) is 0 Å². The van der Waals surface area contributed by atoms with Gasteiger partial charge in [0.05, 0.1) is 17.4 Å². The Morgan fingerprint density at radius 1 is 1.73 bits per heavy atom. The molecule has 1 unspecified atom stereocenters. The van der Waals surface area contributed by atoms with Crippen LogP contribution in [0.4, 0.5) is 0 Å². The molecular formula is C8H8N2O. The van der Waals surface area contributed by atoms with Crippen LogP contribution in [0.25, 0.3) is 0 Å². The molecule has 0 aliphatic rings. The number of aliphatic hydroxyl groups excluding tert-OH is 1. The molecule has 3 nitrogen and oxygen atoms in total. The Bertz CT molecular complexity index is 288. The topological polar surface area (TPSA) is 56.9 Å². The average Bonchev–Trinajstić information content (AvgIpc) is 2.04. The summed E-state index contributed by atoms with van der Waals surface area (Å²) in [7, 11) is 0. The van der Waals surface area contributed by atoms with E-state index in [4.69, 9.17) is 10.4 Å². The molecule has 1 aromatic rings. The highest BCUT2D eigenvalue weighted by atomic mass is 16.3. The van der Waals surface area contributed by atoms with Gasteiger partial charge in [0.1, 0.15) is 6.07 Å². The van der Waals surface area contributed by atoms with Gasteiger partial charge in [0, 0.05) is 6.20 Å². The molecule has 0 amide bonds. The lowest BCUT2D eigenvalue weighted by Crippen LogP contribution is -1.98. The number of aliphatic hydroxyl groups is 1. The Morgan fingerprint density at radius 3 is 2.91 bits per heavy atom. The Hall–Kier alpha value is -1.40. The van der Waals surface area contributed by atoms with Crippen molar-refractivity contribution in [2.24, 2.45) is 0 Å². The van der Waals surface area contributed by atoms with Crippen LogP contribution in [-0.2, 0) is 0 Å². The fraction of sp³-hybridized carbons (Fsp3) is 0.250. The van der Waals surface area contributed by atoms with Gasteiger partial charge in [-0.2, -0.15) is 5.26 Å². The monoisotopic (exact) mass is 148 g/mol. The number of hydrogen-bond donors (Lipinski definition) is 1. The number of rotatable bonds is 1. The SMILES string of the molecule is CC(O)c1ncccc1C#N. The maximum Gasteiger partial charge on any atom is 0.101 e. The van der Waals surface area contributed by atoms with E-state index in [0.717, 1.165) is 0 Å². The minimum absolute atomic E-state index is 0.433. The molecular weight excluding hydrogens is 140 g/mol. The van der Waals surface area contributed by atoms with Gasteiger partial charge < -0.3 is 5.11 Å². The van der Waals surface area contributed by atoms with Crippen molar-refractivity contribution in [3.8, 4) is 6.07 Å². The minimum Gasteiger partial charge on any atom is -0.387 e. The lowest BCUT2D eigenvalue weighted by Gasteiger charge is -2.03. The smallest absolute Gasteiger partial charge is 0.101 e. The first-order valence-electron chi connectivity index (χ1n) is 3.28. The highest BCUT2D eigenvalue weighted by Crippen LogP contribution is 2.12. The standard InChI is InChI=1S/C8H8N2O/c1-6(11)8-7(5-9)3-2-4-10-8/h2-4,6,11H,1H3. The van der Waals surface area contributed by atoms with Crippen molar-refractivity contribution in [3.05, 3.63) is 29.6 Å². The number of pyridine rings is 1. The van der Waals surface area contributed by atoms with Crippen LogP contribution in [0.3, 0.4) is 0 Å². The van der Waals surface area contributed by atoms with Crippen molar-refractivity contribution in [2.75, 3.05) is 0 Å². The van der Waals surface area contributed by atoms with Crippen LogP contribution in [0.15, 0.2) is 18.3 Å². The first kappa shape index (κ1) is 7.70. The number of nitrogens with zero attached hydrogens (tertiary/aromatic N) is 2. The molecule has 0 fully saturated rings. The summed E-state index contributed by atoms with van der Waals surface area (Å²) in [4.78, 5) is 3.88. The Kier molecular flexibility index (Phi) is 2.19. The maximum absolute atomic E-state index is 9.12. The van der Waals surface area contributed by atoms with Crippen molar-refractivity contribution in [2.45, 2.75) is 13.0 Å². The minimum atomic E-state index is -0.675. The quantitative estimate of drug-likeness (QED) is 0.646. The van der Waals surface area contributed by atoms with E-state index < -0.39 is 6.10 Å². The van der Waals surface area contributed by atoms with E-state index in [1.807, 2.05) is 6.07 Å². The highest BCUT2D eigenvalue weighted by Gasteiger charge is 2.06. The molecule has 1 aromatic heterocycles. The van der Waals surface area contributed by atoms with Crippen molar-refractivity contribution in [1.82, 2.24) is 4.98 Å². The first-order valence-corrected chi connectivity index (χ1v) is 3.28. The molecule has 0 aliphatic carbocycles. The molecule has 0 bridgehead atoms. The van der Waals surface area contributed by atoms with E-state index in [0.29, 0.717) is 11.3 Å². The first-order chi connectivity index (χ1) is 5.25. The van der Waals surface area contributed by atoms with Crippen LogP contribution < -0.4 is 0 Å². The highest BCUT2D eigenvalue weighted by molar-refractivity contribution is 5.33. The van der Waals surface area contributed by atoms with Gasteiger partial charge in [0.25, 0.3) is 0 Å². The Morgan fingerprint density at radius 2 is 2.45 bits per heavy atom. The van der Waals surface area contributed by atoms with Crippen molar-refractivity contribution < 1.29 is 5.11 Å². The molecule has 11 heavy (non-hydrogen) atoms. The van der Waals surface area contributed by atoms with Gasteiger partial charge in [-0.1, -0.05) is 0 Å². The number of hydrogen-bond acceptors (Lipinski definition) is 3. The molecule has 56 valence electrons. The predicted octanol–water partition coefficient (Wildman–Crippen LogP) is 1.01. The zero-order chi connectivity index (χ0) is 8.27. The van der Waals surface area contributed by atoms with Crippen LogP contribution in [0.2, 0.25) is 0 Å². The zero-order valence-corrected chi connectivity index (χ0v) is 6.15. The molecule has 0 radical (unpaired) electrons. The largest absolute Gasteiger partial charge is 0.387 e. The molecule has 1 atom stereocenters. The maximum atomic E-state index is 9.12. The molecule has 1 N–H and O–H groups in total. The lowest BCUT2D eigenvalue weighted by atomic mass is 10.1. The second-order valence-electron chi connectivity index (χ2n) is 2.22. The summed E-state index contributed by atoms with van der Waals surface area (Å²) in [5, 5.41) is 17.7. The van der Waals surface area contributed by atoms with Gasteiger partial charge in [-0.25, -0.2) is 0 Å². The van der Waals surface area contributed by atoms with Crippen molar-refractivity contribution >= 4 is 0 Å². The Balaban J connectivity index is 3.15. The van der Waals surface area contributed by atoms with Crippen LogP contribution in [0.1, 0.15) is 24.3 Å². The third-order valence-electron chi connectivity index (χ3n) is 1.35. The Labute approximate surface area is 64.9 Å². The molecule has 3 heteroatoms. The second-order valence-corrected chi connectivity index (χ2v) is 2.22. The van der Waals surface area contributed by atoms with E-state index in [1.54, 1.807) is 25.3 Å². The van der Waals surface area contributed by atoms with Crippen LogP contribution in [-0.4, -0.2) is 10.1 Å². The number of nitriles is 1. The van der Waals surface area contributed by atoms with E-state index in [9.17, 15) is 0 Å². The summed E-state index contributed by atoms with van der Waals surface area (Å²) in [6.45, 7) is 1.59. The second kappa shape index (κ2) is 3.13. The third kappa shape index (κ3) is 1.54. The van der Waals surface area contributed by atoms with E-state index >= 15 is 0 Å². The van der Waals surface area contributed by atoms with E-state index in [2.05, 4.69) is 4.98 Å². The van der Waals surface area contributed by atoms with Gasteiger partial charge >= 0.3 is 0 Å². The van der Waals surface area contributed by atoms with E-state index in [1.165, 1.54) is 0 Å². The van der Waals surface area contributed by atoms with E-state index in [-0.39, 0.29) is 0 Å². The van der Waals surface area contributed by atoms with Gasteiger partial charge in [-0.3, -0.25) is 4.98 Å². The predicted molar refractivity (Wildman–Crippen MR) is 39.6 cm³/mol. The third-order valence-corrected chi connectivity index (χ3v) is 1.35. The molecule has 0 saturated carbocycles.